The van der Waals surface area contributed by atoms with Crippen LogP contribution in [0.5, 0.6) is 0 Å². The molecule has 0 atom stereocenters. The van der Waals surface area contributed by atoms with Crippen molar-refractivity contribution in [3.63, 3.8) is 0 Å². The van der Waals surface area contributed by atoms with Crippen molar-refractivity contribution in [1.82, 2.24) is 0 Å². The van der Waals surface area contributed by atoms with Crippen molar-refractivity contribution < 1.29 is 9.59 Å². The fraction of sp³-hybridized carbons (Fsp3) is 0.286. The molecule has 0 saturated heterocycles. The Kier molecular flexibility index (Phi) is 11.5. The summed E-state index contributed by atoms with van der Waals surface area (Å²) in [5, 5.41) is 2.11. The van der Waals surface area contributed by atoms with Crippen LogP contribution in [0, 0.1) is 21.7 Å². The smallest absolute Gasteiger partial charge is 0.186 e. The van der Waals surface area contributed by atoms with Gasteiger partial charge in [0.15, 0.2) is 11.6 Å². The van der Waals surface area contributed by atoms with Crippen molar-refractivity contribution >= 4 is 45.4 Å². The lowest BCUT2D eigenvalue weighted by Crippen LogP contribution is -2.28. The molecule has 0 saturated carbocycles. The van der Waals surface area contributed by atoms with Crippen LogP contribution in [0.4, 0.5) is 0 Å². The van der Waals surface area contributed by atoms with Gasteiger partial charge in [-0.25, -0.2) is 0 Å². The predicted octanol–water partition coefficient (Wildman–Crippen LogP) is 15.8. The molecule has 2 heterocycles. The average Bonchev–Trinajstić information content (AvgIpc) is 3.89. The summed E-state index contributed by atoms with van der Waals surface area (Å²) in [5.74, 6) is 0.246. The standard InChI is InChI=1S/C56H58O2S2/c1-53(2,3)42-31-40(32-43(51(42)57)54(4,5)6)49(38-24-20-36(21-25-38)35-17-14-13-15-18-35)47-28-29-48(60-47)50(39-26-22-37(23-27-39)46-19-16-30-59-46)41-33-44(55(7,8)9)52(58)45(34-41)56(10,11)12/h13-34H,1-12H3. The first-order valence-electron chi connectivity index (χ1n) is 21.0. The number of allylic oxidation sites excluding steroid dienone is 10. The number of thiophene rings is 2. The molecule has 0 fully saturated rings. The van der Waals surface area contributed by atoms with Gasteiger partial charge in [0, 0.05) is 48.1 Å². The van der Waals surface area contributed by atoms with Gasteiger partial charge in [0.2, 0.25) is 0 Å². The van der Waals surface area contributed by atoms with Crippen molar-refractivity contribution in [2.75, 3.05) is 0 Å². The van der Waals surface area contributed by atoms with Crippen molar-refractivity contribution in [3.05, 3.63) is 187 Å². The van der Waals surface area contributed by atoms with Gasteiger partial charge in [-0.1, -0.05) is 168 Å². The molecule has 2 aromatic heterocycles. The number of carbonyl (C=O) groups excluding carboxylic acids is 2. The van der Waals surface area contributed by atoms with Gasteiger partial charge >= 0.3 is 0 Å². The van der Waals surface area contributed by atoms with Crippen LogP contribution in [0.1, 0.15) is 104 Å². The van der Waals surface area contributed by atoms with E-state index in [0.29, 0.717) is 0 Å². The number of carbonyl (C=O) groups is 2. The third kappa shape index (κ3) is 8.83. The molecule has 0 spiro atoms. The molecular formula is C56H58O2S2. The minimum Gasteiger partial charge on any atom is -0.289 e. The van der Waals surface area contributed by atoms with Crippen LogP contribution in [0.25, 0.3) is 32.7 Å². The quantitative estimate of drug-likeness (QED) is 0.171. The van der Waals surface area contributed by atoms with Gasteiger partial charge in [0.1, 0.15) is 0 Å². The van der Waals surface area contributed by atoms with E-state index in [-0.39, 0.29) is 33.2 Å². The Balaban J connectivity index is 1.51. The Morgan fingerprint density at radius 1 is 0.400 bits per heavy atom. The summed E-state index contributed by atoms with van der Waals surface area (Å²) >= 11 is 3.50. The van der Waals surface area contributed by atoms with Crippen molar-refractivity contribution in [2.24, 2.45) is 21.7 Å². The average molecular weight is 827 g/mol. The van der Waals surface area contributed by atoms with Crippen molar-refractivity contribution in [1.29, 1.82) is 0 Å². The third-order valence-electron chi connectivity index (χ3n) is 11.3. The Hall–Kier alpha value is -5.16. The van der Waals surface area contributed by atoms with Crippen LogP contribution >= 0.6 is 22.7 Å². The monoisotopic (exact) mass is 826 g/mol. The molecule has 60 heavy (non-hydrogen) atoms. The molecule has 5 aromatic rings. The second kappa shape index (κ2) is 16.0. The van der Waals surface area contributed by atoms with Gasteiger partial charge in [-0.15, -0.1) is 22.7 Å². The first-order valence-corrected chi connectivity index (χ1v) is 22.7. The Morgan fingerprint density at radius 2 is 0.767 bits per heavy atom. The summed E-state index contributed by atoms with van der Waals surface area (Å²) in [6.07, 6.45) is 8.57. The van der Waals surface area contributed by atoms with E-state index < -0.39 is 0 Å². The van der Waals surface area contributed by atoms with Crippen LogP contribution in [-0.4, -0.2) is 11.6 Å². The molecule has 0 unspecified atom stereocenters. The van der Waals surface area contributed by atoms with Crippen LogP contribution in [0.2, 0.25) is 0 Å². The SMILES string of the molecule is CC(C)(C)C1=CC(=C(c2ccc(-c3ccccc3)cc2)c2ccc(C(=C3C=C(C(C)(C)C)C(=O)C(C(C)(C)C)=C3)c3ccc(-c4cccs4)cc3)s2)C=C(C(C)(C)C)C1=O. The molecule has 4 heteroatoms. The van der Waals surface area contributed by atoms with Gasteiger partial charge in [0.25, 0.3) is 0 Å². The molecule has 2 aliphatic carbocycles. The second-order valence-corrected chi connectivity index (χ2v) is 22.2. The summed E-state index contributed by atoms with van der Waals surface area (Å²) in [6, 6.07) is 37.0. The first-order chi connectivity index (χ1) is 28.1. The first kappa shape index (κ1) is 42.9. The van der Waals surface area contributed by atoms with E-state index in [2.05, 4.69) is 210 Å². The lowest BCUT2D eigenvalue weighted by Gasteiger charge is -2.32. The fourth-order valence-electron chi connectivity index (χ4n) is 7.99. The highest BCUT2D eigenvalue weighted by Gasteiger charge is 2.37. The van der Waals surface area contributed by atoms with Crippen LogP contribution in [-0.2, 0) is 9.59 Å². The van der Waals surface area contributed by atoms with E-state index in [4.69, 9.17) is 0 Å². The molecule has 3 aromatic carbocycles. The minimum absolute atomic E-state index is 0.122. The zero-order valence-electron chi connectivity index (χ0n) is 37.3. The maximum Gasteiger partial charge on any atom is 0.186 e. The fourth-order valence-corrected chi connectivity index (χ4v) is 9.91. The molecule has 0 aliphatic heterocycles. The normalized spacial score (nSPS) is 15.4. The Morgan fingerprint density at radius 3 is 1.12 bits per heavy atom. The molecule has 0 radical (unpaired) electrons. The largest absolute Gasteiger partial charge is 0.289 e. The highest BCUT2D eigenvalue weighted by molar-refractivity contribution is 7.14. The van der Waals surface area contributed by atoms with E-state index in [1.54, 1.807) is 22.7 Å². The second-order valence-electron chi connectivity index (χ2n) is 20.2. The molecule has 2 aliphatic rings. The van der Waals surface area contributed by atoms with Crippen molar-refractivity contribution in [3.8, 4) is 21.6 Å². The maximum absolute atomic E-state index is 14.2. The molecule has 0 bridgehead atoms. The van der Waals surface area contributed by atoms with E-state index in [1.807, 2.05) is 6.07 Å². The van der Waals surface area contributed by atoms with Gasteiger partial charge < -0.3 is 0 Å². The maximum atomic E-state index is 14.2. The number of hydrogen-bond donors (Lipinski definition) is 0. The Bertz CT molecular complexity index is 2560. The van der Waals surface area contributed by atoms with E-state index in [0.717, 1.165) is 71.0 Å². The molecule has 7 rings (SSSR count). The number of ketones is 2. The molecule has 306 valence electrons. The zero-order valence-corrected chi connectivity index (χ0v) is 39.0. The van der Waals surface area contributed by atoms with E-state index in [1.165, 1.54) is 16.0 Å². The lowest BCUT2D eigenvalue weighted by molar-refractivity contribution is -0.114. The molecule has 0 amide bonds. The van der Waals surface area contributed by atoms with Crippen LogP contribution in [0.15, 0.2) is 166 Å². The zero-order chi connectivity index (χ0) is 43.4. The summed E-state index contributed by atoms with van der Waals surface area (Å²) in [4.78, 5) is 31.8. The van der Waals surface area contributed by atoms with Gasteiger partial charge in [-0.2, -0.15) is 0 Å². The third-order valence-corrected chi connectivity index (χ3v) is 13.4. The van der Waals surface area contributed by atoms with Crippen LogP contribution < -0.4 is 0 Å². The molecule has 0 N–H and O–H groups in total. The number of Topliss-reactive ketones (excluding diaryl/α,β-unsaturated/α-hetero) is 2. The van der Waals surface area contributed by atoms with Gasteiger partial charge in [0.05, 0.1) is 0 Å². The van der Waals surface area contributed by atoms with E-state index >= 15 is 0 Å². The van der Waals surface area contributed by atoms with Gasteiger partial charge in [-0.05, 0) is 109 Å². The predicted molar refractivity (Wildman–Crippen MR) is 258 cm³/mol. The van der Waals surface area contributed by atoms with E-state index in [9.17, 15) is 9.59 Å². The summed E-state index contributed by atoms with van der Waals surface area (Å²) in [5.41, 5.74) is 11.8. The highest BCUT2D eigenvalue weighted by Crippen LogP contribution is 2.47. The van der Waals surface area contributed by atoms with Gasteiger partial charge in [-0.3, -0.25) is 9.59 Å². The summed E-state index contributed by atoms with van der Waals surface area (Å²) < 4.78 is 0. The molecular weight excluding hydrogens is 769 g/mol. The highest BCUT2D eigenvalue weighted by atomic mass is 32.1. The lowest BCUT2D eigenvalue weighted by atomic mass is 9.71. The number of rotatable bonds is 6. The Labute approximate surface area is 366 Å². The number of benzene rings is 3. The summed E-state index contributed by atoms with van der Waals surface area (Å²) in [7, 11) is 0. The topological polar surface area (TPSA) is 34.1 Å². The minimum atomic E-state index is -0.352. The summed E-state index contributed by atoms with van der Waals surface area (Å²) in [6.45, 7) is 25.6. The van der Waals surface area contributed by atoms with Crippen LogP contribution in [0.3, 0.4) is 0 Å². The molecule has 2 nitrogen and oxygen atoms in total. The van der Waals surface area contributed by atoms with Crippen molar-refractivity contribution in [2.45, 2.75) is 83.1 Å². The number of hydrogen-bond acceptors (Lipinski definition) is 4.